The van der Waals surface area contributed by atoms with Crippen LogP contribution in [-0.4, -0.2) is 18.6 Å². The number of alkyl halides is 3. The maximum Gasteiger partial charge on any atom is 0.418 e. The second kappa shape index (κ2) is 4.39. The van der Waals surface area contributed by atoms with Crippen LogP contribution in [0.4, 0.5) is 13.2 Å². The first kappa shape index (κ1) is 12.9. The average Bonchev–Trinajstić information content (AvgIpc) is 2.27. The number of methoxy groups -OCH3 is 1. The molecule has 0 bridgehead atoms. The van der Waals surface area contributed by atoms with Gasteiger partial charge in [0.1, 0.15) is 5.60 Å². The third kappa shape index (κ3) is 2.33. The summed E-state index contributed by atoms with van der Waals surface area (Å²) in [5.41, 5.74) is 3.48. The van der Waals surface area contributed by atoms with Crippen molar-refractivity contribution in [3.8, 4) is 0 Å². The van der Waals surface area contributed by atoms with E-state index in [1.54, 1.807) is 0 Å². The molecule has 0 aliphatic rings. The number of nitrogens with zero attached hydrogens (tertiary/aromatic N) is 1. The summed E-state index contributed by atoms with van der Waals surface area (Å²) in [6, 6.07) is 1.28. The molecule has 0 aliphatic heterocycles. The summed E-state index contributed by atoms with van der Waals surface area (Å²) in [6.07, 6.45) is -2.39. The van der Waals surface area contributed by atoms with Gasteiger partial charge in [-0.2, -0.15) is 13.2 Å². The Kier molecular flexibility index (Phi) is 3.54. The lowest BCUT2D eigenvalue weighted by molar-refractivity contribution is -0.141. The lowest BCUT2D eigenvalue weighted by Gasteiger charge is -2.29. The fourth-order valence-electron chi connectivity index (χ4n) is 1.38. The van der Waals surface area contributed by atoms with Crippen LogP contribution < -0.4 is 5.73 Å². The van der Waals surface area contributed by atoms with E-state index in [1.807, 2.05) is 0 Å². The Morgan fingerprint density at radius 1 is 1.38 bits per heavy atom. The van der Waals surface area contributed by atoms with Crippen molar-refractivity contribution in [3.63, 3.8) is 0 Å². The van der Waals surface area contributed by atoms with Gasteiger partial charge in [0.2, 0.25) is 0 Å². The van der Waals surface area contributed by atoms with Crippen LogP contribution in [0.5, 0.6) is 0 Å². The van der Waals surface area contributed by atoms with Gasteiger partial charge in [-0.15, -0.1) is 0 Å². The van der Waals surface area contributed by atoms with E-state index in [9.17, 15) is 13.2 Å². The van der Waals surface area contributed by atoms with Gasteiger partial charge in [-0.3, -0.25) is 4.98 Å². The van der Waals surface area contributed by atoms with Crippen LogP contribution in [0.15, 0.2) is 18.5 Å². The smallest absolute Gasteiger partial charge is 0.372 e. The Morgan fingerprint density at radius 3 is 2.44 bits per heavy atom. The molecule has 0 amide bonds. The molecule has 1 aromatic rings. The summed E-state index contributed by atoms with van der Waals surface area (Å²) < 4.78 is 43.2. The molecule has 0 aliphatic carbocycles. The molecule has 3 nitrogen and oxygen atoms in total. The largest absolute Gasteiger partial charge is 0.418 e. The highest BCUT2D eigenvalue weighted by molar-refractivity contribution is 5.31. The van der Waals surface area contributed by atoms with Crippen LogP contribution in [0.2, 0.25) is 0 Å². The molecule has 90 valence electrons. The van der Waals surface area contributed by atoms with Crippen molar-refractivity contribution in [3.05, 3.63) is 29.6 Å². The van der Waals surface area contributed by atoms with Crippen LogP contribution >= 0.6 is 0 Å². The van der Waals surface area contributed by atoms with Crippen LogP contribution in [0.3, 0.4) is 0 Å². The molecule has 0 saturated heterocycles. The number of pyridine rings is 1. The van der Waals surface area contributed by atoms with Gasteiger partial charge in [0.25, 0.3) is 0 Å². The third-order valence-electron chi connectivity index (χ3n) is 2.54. The quantitative estimate of drug-likeness (QED) is 0.869. The Bertz CT molecular complexity index is 361. The fraction of sp³-hybridized carbons (Fsp3) is 0.500. The van der Waals surface area contributed by atoms with Crippen LogP contribution in [0.1, 0.15) is 18.1 Å². The number of hydrogen-bond acceptors (Lipinski definition) is 3. The van der Waals surface area contributed by atoms with Gasteiger partial charge in [-0.05, 0) is 13.0 Å². The normalized spacial score (nSPS) is 15.9. The molecule has 1 aromatic heterocycles. The van der Waals surface area contributed by atoms with Gasteiger partial charge in [0, 0.05) is 31.6 Å². The van der Waals surface area contributed by atoms with Crippen molar-refractivity contribution < 1.29 is 17.9 Å². The minimum atomic E-state index is -4.46. The molecule has 1 unspecified atom stereocenters. The zero-order valence-corrected chi connectivity index (χ0v) is 9.01. The Hall–Kier alpha value is -1.14. The van der Waals surface area contributed by atoms with Gasteiger partial charge in [0.15, 0.2) is 0 Å². The zero-order valence-electron chi connectivity index (χ0n) is 9.01. The van der Waals surface area contributed by atoms with Gasteiger partial charge >= 0.3 is 6.18 Å². The third-order valence-corrected chi connectivity index (χ3v) is 2.54. The minimum absolute atomic E-state index is 0.000000000000000222. The first-order valence-electron chi connectivity index (χ1n) is 4.62. The Morgan fingerprint density at radius 2 is 2.00 bits per heavy atom. The van der Waals surface area contributed by atoms with E-state index in [0.717, 1.165) is 6.20 Å². The minimum Gasteiger partial charge on any atom is -0.372 e. The number of rotatable bonds is 3. The SMILES string of the molecule is COC(C)(CN)c1ccncc1C(F)(F)F. The van der Waals surface area contributed by atoms with Gasteiger partial charge in [-0.25, -0.2) is 0 Å². The summed E-state index contributed by atoms with van der Waals surface area (Å²) in [7, 11) is 1.33. The van der Waals surface area contributed by atoms with Crippen LogP contribution in [0.25, 0.3) is 0 Å². The predicted octanol–water partition coefficient (Wildman–Crippen LogP) is 1.92. The highest BCUT2D eigenvalue weighted by Crippen LogP contribution is 2.36. The standard InChI is InChI=1S/C10H13F3N2O/c1-9(6-14,16-2)7-3-4-15-5-8(7)10(11,12)13/h3-5H,6,14H2,1-2H3. The van der Waals surface area contributed by atoms with Crippen molar-refractivity contribution in [1.82, 2.24) is 4.98 Å². The van der Waals surface area contributed by atoms with E-state index in [1.165, 1.54) is 26.3 Å². The summed E-state index contributed by atoms with van der Waals surface area (Å²) in [5.74, 6) is 0. The number of aromatic nitrogens is 1. The molecule has 0 spiro atoms. The second-order valence-corrected chi connectivity index (χ2v) is 3.56. The Balaban J connectivity index is 3.34. The fourth-order valence-corrected chi connectivity index (χ4v) is 1.38. The van der Waals surface area contributed by atoms with Gasteiger partial charge in [-0.1, -0.05) is 0 Å². The average molecular weight is 234 g/mol. The van der Waals surface area contributed by atoms with Crippen molar-refractivity contribution >= 4 is 0 Å². The Labute approximate surface area is 91.4 Å². The summed E-state index contributed by atoms with van der Waals surface area (Å²) >= 11 is 0. The molecule has 0 fully saturated rings. The first-order valence-corrected chi connectivity index (χ1v) is 4.62. The molecule has 1 heterocycles. The number of hydrogen-bond donors (Lipinski definition) is 1. The maximum absolute atomic E-state index is 12.7. The number of nitrogens with two attached hydrogens (primary N) is 1. The lowest BCUT2D eigenvalue weighted by atomic mass is 9.92. The van der Waals surface area contributed by atoms with Gasteiger partial charge < -0.3 is 10.5 Å². The molecule has 0 saturated carbocycles. The molecule has 16 heavy (non-hydrogen) atoms. The van der Waals surface area contributed by atoms with Gasteiger partial charge in [0.05, 0.1) is 5.56 Å². The van der Waals surface area contributed by atoms with E-state index in [-0.39, 0.29) is 12.1 Å². The number of halogens is 3. The van der Waals surface area contributed by atoms with E-state index in [4.69, 9.17) is 10.5 Å². The number of ether oxygens (including phenoxy) is 1. The van der Waals surface area contributed by atoms with E-state index >= 15 is 0 Å². The molecule has 0 aromatic carbocycles. The predicted molar refractivity (Wildman–Crippen MR) is 52.7 cm³/mol. The monoisotopic (exact) mass is 234 g/mol. The molecule has 2 N–H and O–H groups in total. The first-order chi connectivity index (χ1) is 7.35. The molecule has 6 heteroatoms. The van der Waals surface area contributed by atoms with Crippen molar-refractivity contribution in [1.29, 1.82) is 0 Å². The molecular weight excluding hydrogens is 221 g/mol. The van der Waals surface area contributed by atoms with E-state index in [0.29, 0.717) is 0 Å². The van der Waals surface area contributed by atoms with Crippen molar-refractivity contribution in [2.45, 2.75) is 18.7 Å². The maximum atomic E-state index is 12.7. The highest BCUT2D eigenvalue weighted by Gasteiger charge is 2.39. The molecule has 1 rings (SSSR count). The highest BCUT2D eigenvalue weighted by atomic mass is 19.4. The van der Waals surface area contributed by atoms with Crippen molar-refractivity contribution in [2.75, 3.05) is 13.7 Å². The second-order valence-electron chi connectivity index (χ2n) is 3.56. The van der Waals surface area contributed by atoms with E-state index in [2.05, 4.69) is 4.98 Å². The zero-order chi connectivity index (χ0) is 12.4. The van der Waals surface area contributed by atoms with Crippen LogP contribution in [0, 0.1) is 0 Å². The summed E-state index contributed by atoms with van der Waals surface area (Å²) in [5, 5.41) is 0. The summed E-state index contributed by atoms with van der Waals surface area (Å²) in [6.45, 7) is 1.47. The van der Waals surface area contributed by atoms with E-state index < -0.39 is 17.3 Å². The lowest BCUT2D eigenvalue weighted by Crippen LogP contribution is -2.36. The molecule has 1 atom stereocenters. The summed E-state index contributed by atoms with van der Waals surface area (Å²) in [4.78, 5) is 3.48. The van der Waals surface area contributed by atoms with Crippen molar-refractivity contribution in [2.24, 2.45) is 5.73 Å². The van der Waals surface area contributed by atoms with Crippen LogP contribution in [-0.2, 0) is 16.5 Å². The molecule has 0 radical (unpaired) electrons. The topological polar surface area (TPSA) is 48.1 Å². The molecular formula is C10H13F3N2O.